The van der Waals surface area contributed by atoms with Gasteiger partial charge in [-0.05, 0) is 6.07 Å². The fraction of sp³-hybridized carbons (Fsp3) is 0.125. The Labute approximate surface area is 84.2 Å². The van der Waals surface area contributed by atoms with Crippen LogP contribution in [0.2, 0.25) is 0 Å². The summed E-state index contributed by atoms with van der Waals surface area (Å²) in [5.41, 5.74) is 4.69. The molecule has 7 heteroatoms. The molecule has 0 fully saturated rings. The maximum Gasteiger partial charge on any atom is 0.325 e. The highest BCUT2D eigenvalue weighted by atomic mass is 16.6. The molecule has 1 rings (SSSR count). The van der Waals surface area contributed by atoms with Crippen LogP contribution in [0, 0.1) is 10.1 Å². The van der Waals surface area contributed by atoms with E-state index < -0.39 is 16.6 Å². The zero-order chi connectivity index (χ0) is 11.4. The number of carbonyl (C=O) groups excluding carboxylic acids is 1. The lowest BCUT2D eigenvalue weighted by atomic mass is 10.3. The first-order chi connectivity index (χ1) is 7.04. The molecular weight excluding hydrogens is 204 g/mol. The number of esters is 1. The Morgan fingerprint density at radius 2 is 2.27 bits per heavy atom. The number of carbonyl (C=O) groups is 1. The Hall–Kier alpha value is -2.15. The lowest BCUT2D eigenvalue weighted by Crippen LogP contribution is -2.19. The Balaban J connectivity index is 2.93. The average molecular weight is 212 g/mol. The Morgan fingerprint density at radius 3 is 2.73 bits per heavy atom. The van der Waals surface area contributed by atoms with Gasteiger partial charge in [0, 0.05) is 6.07 Å². The molecule has 0 saturated heterocycles. The van der Waals surface area contributed by atoms with Crippen LogP contribution in [0.4, 0.5) is 5.69 Å². The zero-order valence-corrected chi connectivity index (χ0v) is 7.54. The second-order valence-electron chi connectivity index (χ2n) is 2.59. The van der Waals surface area contributed by atoms with Gasteiger partial charge in [-0.1, -0.05) is 0 Å². The van der Waals surface area contributed by atoms with E-state index in [2.05, 4.69) is 4.74 Å². The molecule has 0 atom stereocenters. The summed E-state index contributed by atoms with van der Waals surface area (Å²) in [6.07, 6.45) is 0. The van der Waals surface area contributed by atoms with E-state index in [9.17, 15) is 20.0 Å². The van der Waals surface area contributed by atoms with Crippen LogP contribution in [0.5, 0.6) is 11.5 Å². The topological polar surface area (TPSA) is 116 Å². The van der Waals surface area contributed by atoms with Crippen LogP contribution in [0.15, 0.2) is 18.2 Å². The number of nitrogens with two attached hydrogens (primary N) is 1. The molecule has 0 aromatic heterocycles. The third kappa shape index (κ3) is 2.64. The van der Waals surface area contributed by atoms with E-state index in [0.29, 0.717) is 0 Å². The van der Waals surface area contributed by atoms with Crippen LogP contribution >= 0.6 is 0 Å². The van der Waals surface area contributed by atoms with E-state index >= 15 is 0 Å². The first-order valence-corrected chi connectivity index (χ1v) is 3.92. The molecule has 0 aliphatic carbocycles. The molecule has 0 saturated carbocycles. The summed E-state index contributed by atoms with van der Waals surface area (Å²) in [7, 11) is 0. The molecule has 1 aromatic rings. The first kappa shape index (κ1) is 10.9. The number of phenolic OH excluding ortho intramolecular Hbond substituents is 1. The molecule has 0 aliphatic heterocycles. The number of ether oxygens (including phenoxy) is 1. The quantitative estimate of drug-likeness (QED) is 0.319. The van der Waals surface area contributed by atoms with Gasteiger partial charge >= 0.3 is 5.97 Å². The van der Waals surface area contributed by atoms with E-state index in [4.69, 9.17) is 5.73 Å². The molecule has 0 aliphatic rings. The number of non-ortho nitro benzene ring substituents is 1. The summed E-state index contributed by atoms with van der Waals surface area (Å²) < 4.78 is 4.59. The van der Waals surface area contributed by atoms with Gasteiger partial charge in [-0.3, -0.25) is 14.9 Å². The van der Waals surface area contributed by atoms with Crippen molar-refractivity contribution >= 4 is 11.7 Å². The van der Waals surface area contributed by atoms with Crippen molar-refractivity contribution in [2.24, 2.45) is 5.73 Å². The van der Waals surface area contributed by atoms with Gasteiger partial charge in [0.05, 0.1) is 17.5 Å². The maximum absolute atomic E-state index is 10.8. The predicted octanol–water partition coefficient (Wildman–Crippen LogP) is 0.165. The lowest BCUT2D eigenvalue weighted by Gasteiger charge is -2.03. The number of benzene rings is 1. The van der Waals surface area contributed by atoms with Gasteiger partial charge < -0.3 is 15.6 Å². The minimum Gasteiger partial charge on any atom is -0.504 e. The van der Waals surface area contributed by atoms with Crippen LogP contribution in [0.25, 0.3) is 0 Å². The second kappa shape index (κ2) is 4.38. The van der Waals surface area contributed by atoms with Crippen LogP contribution in [0.3, 0.4) is 0 Å². The van der Waals surface area contributed by atoms with E-state index in [-0.39, 0.29) is 18.0 Å². The number of hydrogen-bond donors (Lipinski definition) is 2. The normalized spacial score (nSPS) is 9.67. The van der Waals surface area contributed by atoms with E-state index in [1.54, 1.807) is 0 Å². The molecule has 0 heterocycles. The minimum absolute atomic E-state index is 0.156. The van der Waals surface area contributed by atoms with Gasteiger partial charge in [0.25, 0.3) is 5.69 Å². The van der Waals surface area contributed by atoms with E-state index in [1.807, 2.05) is 0 Å². The third-order valence-electron chi connectivity index (χ3n) is 1.54. The predicted molar refractivity (Wildman–Crippen MR) is 49.5 cm³/mol. The molecule has 7 nitrogen and oxygen atoms in total. The monoisotopic (exact) mass is 212 g/mol. The Bertz CT molecular complexity index is 404. The maximum atomic E-state index is 10.8. The highest BCUT2D eigenvalue weighted by Gasteiger charge is 2.12. The van der Waals surface area contributed by atoms with Gasteiger partial charge in [-0.25, -0.2) is 0 Å². The van der Waals surface area contributed by atoms with Crippen molar-refractivity contribution in [3.05, 3.63) is 28.3 Å². The SMILES string of the molecule is NCC(=O)Oc1ccc([N+](=O)[O-])cc1O. The molecule has 0 bridgehead atoms. The number of rotatable bonds is 3. The van der Waals surface area contributed by atoms with Gasteiger partial charge in [-0.15, -0.1) is 0 Å². The van der Waals surface area contributed by atoms with Crippen LogP contribution < -0.4 is 10.5 Å². The zero-order valence-electron chi connectivity index (χ0n) is 7.54. The number of nitrogens with zero attached hydrogens (tertiary/aromatic N) is 1. The Kier molecular flexibility index (Phi) is 3.19. The standard InChI is InChI=1S/C8H8N2O5/c9-4-8(12)15-7-2-1-5(10(13)14)3-6(7)11/h1-3,11H,4,9H2. The summed E-state index contributed by atoms with van der Waals surface area (Å²) in [6, 6.07) is 3.12. The van der Waals surface area contributed by atoms with Gasteiger partial charge in [0.15, 0.2) is 11.5 Å². The van der Waals surface area contributed by atoms with Crippen LogP contribution in [-0.2, 0) is 4.79 Å². The fourth-order valence-corrected chi connectivity index (χ4v) is 0.870. The highest BCUT2D eigenvalue weighted by Crippen LogP contribution is 2.29. The molecule has 80 valence electrons. The molecular formula is C8H8N2O5. The molecule has 1 aromatic carbocycles. The van der Waals surface area contributed by atoms with Crippen molar-refractivity contribution in [3.8, 4) is 11.5 Å². The van der Waals surface area contributed by atoms with Crippen molar-refractivity contribution in [3.63, 3.8) is 0 Å². The van der Waals surface area contributed by atoms with Crippen molar-refractivity contribution in [2.75, 3.05) is 6.54 Å². The number of aromatic hydroxyl groups is 1. The summed E-state index contributed by atoms with van der Waals surface area (Å²) in [5, 5.41) is 19.6. The summed E-state index contributed by atoms with van der Waals surface area (Å²) in [6.45, 7) is -0.337. The largest absolute Gasteiger partial charge is 0.504 e. The fourth-order valence-electron chi connectivity index (χ4n) is 0.870. The van der Waals surface area contributed by atoms with Crippen molar-refractivity contribution in [1.82, 2.24) is 0 Å². The number of phenols is 1. The van der Waals surface area contributed by atoms with Crippen molar-refractivity contribution < 1.29 is 19.6 Å². The van der Waals surface area contributed by atoms with E-state index in [0.717, 1.165) is 18.2 Å². The second-order valence-corrected chi connectivity index (χ2v) is 2.59. The molecule has 3 N–H and O–H groups in total. The van der Waals surface area contributed by atoms with Gasteiger partial charge in [-0.2, -0.15) is 0 Å². The molecule has 15 heavy (non-hydrogen) atoms. The number of nitro groups is 1. The summed E-state index contributed by atoms with van der Waals surface area (Å²) in [4.78, 5) is 20.4. The molecule has 0 spiro atoms. The van der Waals surface area contributed by atoms with Crippen LogP contribution in [0.1, 0.15) is 0 Å². The highest BCUT2D eigenvalue weighted by molar-refractivity contribution is 5.75. The van der Waals surface area contributed by atoms with Crippen molar-refractivity contribution in [1.29, 1.82) is 0 Å². The van der Waals surface area contributed by atoms with Gasteiger partial charge in [0.2, 0.25) is 0 Å². The summed E-state index contributed by atoms with van der Waals surface area (Å²) >= 11 is 0. The number of hydrogen-bond acceptors (Lipinski definition) is 6. The first-order valence-electron chi connectivity index (χ1n) is 3.92. The Morgan fingerprint density at radius 1 is 1.60 bits per heavy atom. The minimum atomic E-state index is -0.737. The molecule has 0 radical (unpaired) electrons. The molecule has 0 unspecified atom stereocenters. The average Bonchev–Trinajstić information content (AvgIpc) is 2.20. The smallest absolute Gasteiger partial charge is 0.325 e. The lowest BCUT2D eigenvalue weighted by molar-refractivity contribution is -0.385. The van der Waals surface area contributed by atoms with E-state index in [1.165, 1.54) is 0 Å². The van der Waals surface area contributed by atoms with Crippen molar-refractivity contribution in [2.45, 2.75) is 0 Å². The van der Waals surface area contributed by atoms with Gasteiger partial charge in [0.1, 0.15) is 0 Å². The third-order valence-corrected chi connectivity index (χ3v) is 1.54. The summed E-state index contributed by atoms with van der Waals surface area (Å²) in [5.74, 6) is -1.37. The molecule has 0 amide bonds. The van der Waals surface area contributed by atoms with Crippen LogP contribution in [-0.4, -0.2) is 22.5 Å². The number of nitro benzene ring substituents is 1.